The summed E-state index contributed by atoms with van der Waals surface area (Å²) in [6, 6.07) is 0. The highest BCUT2D eigenvalue weighted by atomic mass is 19.1. The molecule has 0 aromatic carbocycles. The van der Waals surface area contributed by atoms with Gasteiger partial charge in [-0.05, 0) is 6.92 Å². The third-order valence-corrected chi connectivity index (χ3v) is 2.66. The van der Waals surface area contributed by atoms with E-state index in [-0.39, 0.29) is 0 Å². The Labute approximate surface area is 97.1 Å². The quantitative estimate of drug-likeness (QED) is 0.720. The second-order valence-corrected chi connectivity index (χ2v) is 3.92. The van der Waals surface area contributed by atoms with Crippen molar-refractivity contribution in [3.05, 3.63) is 29.9 Å². The van der Waals surface area contributed by atoms with Crippen molar-refractivity contribution in [3.63, 3.8) is 0 Å². The first-order valence-corrected chi connectivity index (χ1v) is 5.35. The van der Waals surface area contributed by atoms with Gasteiger partial charge in [-0.3, -0.25) is 0 Å². The standard InChI is InChI=1S/C10H11FN6/c1-7-14-9-6-16(2-3-17(9)15-7)10-12-4-8(11)5-13-10/h4-5H,2-3,6H2,1H3. The van der Waals surface area contributed by atoms with E-state index in [9.17, 15) is 4.39 Å². The van der Waals surface area contributed by atoms with Crippen molar-refractivity contribution in [1.82, 2.24) is 24.7 Å². The molecule has 0 spiro atoms. The third-order valence-electron chi connectivity index (χ3n) is 2.66. The molecule has 1 aliphatic rings. The molecule has 6 nitrogen and oxygen atoms in total. The van der Waals surface area contributed by atoms with E-state index in [1.807, 2.05) is 16.5 Å². The van der Waals surface area contributed by atoms with E-state index in [1.54, 1.807) is 0 Å². The van der Waals surface area contributed by atoms with E-state index < -0.39 is 5.82 Å². The van der Waals surface area contributed by atoms with Crippen LogP contribution in [0, 0.1) is 12.7 Å². The molecule has 0 unspecified atom stereocenters. The van der Waals surface area contributed by atoms with Gasteiger partial charge in [-0.1, -0.05) is 0 Å². The number of hydrogen-bond donors (Lipinski definition) is 0. The molecule has 0 N–H and O–H groups in total. The van der Waals surface area contributed by atoms with Gasteiger partial charge in [0, 0.05) is 6.54 Å². The summed E-state index contributed by atoms with van der Waals surface area (Å²) in [6.45, 7) is 3.97. The van der Waals surface area contributed by atoms with Gasteiger partial charge in [0.15, 0.2) is 5.82 Å². The first-order chi connectivity index (χ1) is 8.22. The predicted molar refractivity (Wildman–Crippen MR) is 57.8 cm³/mol. The van der Waals surface area contributed by atoms with Crippen LogP contribution in [0.25, 0.3) is 0 Å². The van der Waals surface area contributed by atoms with Gasteiger partial charge in [0.1, 0.15) is 11.6 Å². The van der Waals surface area contributed by atoms with Crippen LogP contribution in [0.2, 0.25) is 0 Å². The van der Waals surface area contributed by atoms with Gasteiger partial charge in [0.05, 0.1) is 25.5 Å². The normalized spacial score (nSPS) is 14.8. The maximum absolute atomic E-state index is 12.7. The second-order valence-electron chi connectivity index (χ2n) is 3.92. The van der Waals surface area contributed by atoms with E-state index in [0.29, 0.717) is 12.5 Å². The first-order valence-electron chi connectivity index (χ1n) is 5.35. The summed E-state index contributed by atoms with van der Waals surface area (Å²) in [5, 5.41) is 4.27. The zero-order chi connectivity index (χ0) is 11.8. The van der Waals surface area contributed by atoms with Crippen molar-refractivity contribution >= 4 is 5.95 Å². The molecular formula is C10H11FN6. The Kier molecular flexibility index (Phi) is 2.24. The second kappa shape index (κ2) is 3.76. The molecule has 0 bridgehead atoms. The summed E-state index contributed by atoms with van der Waals surface area (Å²) in [5.41, 5.74) is 0. The van der Waals surface area contributed by atoms with Crippen molar-refractivity contribution < 1.29 is 4.39 Å². The van der Waals surface area contributed by atoms with Crippen LogP contribution in [0.5, 0.6) is 0 Å². The van der Waals surface area contributed by atoms with Crippen LogP contribution in [0.3, 0.4) is 0 Å². The van der Waals surface area contributed by atoms with Crippen molar-refractivity contribution in [2.24, 2.45) is 0 Å². The molecule has 0 aliphatic carbocycles. The zero-order valence-corrected chi connectivity index (χ0v) is 9.34. The summed E-state index contributed by atoms with van der Waals surface area (Å²) >= 11 is 0. The molecule has 3 rings (SSSR count). The maximum atomic E-state index is 12.7. The Morgan fingerprint density at radius 3 is 2.76 bits per heavy atom. The number of aryl methyl sites for hydroxylation is 1. The number of nitrogens with zero attached hydrogens (tertiary/aromatic N) is 6. The fraction of sp³-hybridized carbons (Fsp3) is 0.400. The summed E-state index contributed by atoms with van der Waals surface area (Å²) in [5.74, 6) is 1.76. The van der Waals surface area contributed by atoms with Crippen LogP contribution >= 0.6 is 0 Å². The number of hydrogen-bond acceptors (Lipinski definition) is 5. The van der Waals surface area contributed by atoms with Gasteiger partial charge in [0.2, 0.25) is 5.95 Å². The van der Waals surface area contributed by atoms with Gasteiger partial charge in [-0.25, -0.2) is 24.0 Å². The lowest BCUT2D eigenvalue weighted by Gasteiger charge is -2.26. The molecule has 0 fully saturated rings. The van der Waals surface area contributed by atoms with Gasteiger partial charge in [0.25, 0.3) is 0 Å². The number of aromatic nitrogens is 5. The fourth-order valence-corrected chi connectivity index (χ4v) is 1.90. The third kappa shape index (κ3) is 1.83. The van der Waals surface area contributed by atoms with E-state index in [1.165, 1.54) is 12.4 Å². The summed E-state index contributed by atoms with van der Waals surface area (Å²) in [6.07, 6.45) is 2.35. The molecule has 0 atom stereocenters. The number of anilines is 1. The highest BCUT2D eigenvalue weighted by Gasteiger charge is 2.20. The minimum Gasteiger partial charge on any atom is -0.331 e. The molecule has 0 radical (unpaired) electrons. The molecule has 1 aliphatic heterocycles. The Hall–Kier alpha value is -2.05. The number of halogens is 1. The van der Waals surface area contributed by atoms with Crippen LogP contribution in [0.1, 0.15) is 11.6 Å². The Morgan fingerprint density at radius 1 is 1.24 bits per heavy atom. The average Bonchev–Trinajstić information content (AvgIpc) is 2.69. The predicted octanol–water partition coefficient (Wildman–Crippen LogP) is 0.536. The Bertz CT molecular complexity index is 534. The minimum absolute atomic E-state index is 0.426. The molecule has 3 heterocycles. The Morgan fingerprint density at radius 2 is 2.00 bits per heavy atom. The summed E-state index contributed by atoms with van der Waals surface area (Å²) < 4.78 is 14.6. The van der Waals surface area contributed by atoms with Gasteiger partial charge in [-0.15, -0.1) is 0 Å². The van der Waals surface area contributed by atoms with Crippen LogP contribution < -0.4 is 4.90 Å². The molecular weight excluding hydrogens is 223 g/mol. The smallest absolute Gasteiger partial charge is 0.225 e. The first kappa shape index (κ1) is 10.1. The van der Waals surface area contributed by atoms with Crippen LogP contribution in [0.4, 0.5) is 10.3 Å². The van der Waals surface area contributed by atoms with Crippen molar-refractivity contribution in [2.75, 3.05) is 11.4 Å². The van der Waals surface area contributed by atoms with Gasteiger partial charge < -0.3 is 4.90 Å². The lowest BCUT2D eigenvalue weighted by molar-refractivity contribution is 0.504. The monoisotopic (exact) mass is 234 g/mol. The van der Waals surface area contributed by atoms with Crippen LogP contribution in [-0.2, 0) is 13.1 Å². The van der Waals surface area contributed by atoms with E-state index in [4.69, 9.17) is 0 Å². The van der Waals surface area contributed by atoms with E-state index in [0.717, 1.165) is 24.7 Å². The van der Waals surface area contributed by atoms with Crippen LogP contribution in [-0.4, -0.2) is 31.3 Å². The largest absolute Gasteiger partial charge is 0.331 e. The Balaban J connectivity index is 1.86. The number of fused-ring (bicyclic) bond motifs is 1. The van der Waals surface area contributed by atoms with Crippen molar-refractivity contribution in [3.8, 4) is 0 Å². The molecule has 7 heteroatoms. The van der Waals surface area contributed by atoms with Crippen LogP contribution in [0.15, 0.2) is 12.4 Å². The maximum Gasteiger partial charge on any atom is 0.225 e. The lowest BCUT2D eigenvalue weighted by Crippen LogP contribution is -2.35. The fourth-order valence-electron chi connectivity index (χ4n) is 1.90. The number of rotatable bonds is 1. The van der Waals surface area contributed by atoms with Crippen molar-refractivity contribution in [2.45, 2.75) is 20.0 Å². The van der Waals surface area contributed by atoms with E-state index >= 15 is 0 Å². The molecule has 0 amide bonds. The lowest BCUT2D eigenvalue weighted by atomic mass is 10.4. The van der Waals surface area contributed by atoms with Crippen molar-refractivity contribution in [1.29, 1.82) is 0 Å². The summed E-state index contributed by atoms with van der Waals surface area (Å²) in [4.78, 5) is 14.2. The molecule has 0 saturated heterocycles. The molecule has 88 valence electrons. The molecule has 0 saturated carbocycles. The summed E-state index contributed by atoms with van der Waals surface area (Å²) in [7, 11) is 0. The highest BCUT2D eigenvalue weighted by Crippen LogP contribution is 2.15. The SMILES string of the molecule is Cc1nc2n(n1)CCN(c1ncc(F)cn1)C2. The van der Waals surface area contributed by atoms with E-state index in [2.05, 4.69) is 20.1 Å². The topological polar surface area (TPSA) is 59.7 Å². The highest BCUT2D eigenvalue weighted by molar-refractivity contribution is 5.30. The zero-order valence-electron chi connectivity index (χ0n) is 9.34. The molecule has 17 heavy (non-hydrogen) atoms. The van der Waals surface area contributed by atoms with Gasteiger partial charge >= 0.3 is 0 Å². The average molecular weight is 234 g/mol. The molecule has 2 aromatic heterocycles. The van der Waals surface area contributed by atoms with Gasteiger partial charge in [-0.2, -0.15) is 5.10 Å². The molecule has 2 aromatic rings. The minimum atomic E-state index is -0.426.